The predicted molar refractivity (Wildman–Crippen MR) is 61.2 cm³/mol. The van der Waals surface area contributed by atoms with Crippen LogP contribution in [0.5, 0.6) is 0 Å². The first kappa shape index (κ1) is 11.0. The number of halogens is 1. The molecule has 0 atom stereocenters. The fourth-order valence-corrected chi connectivity index (χ4v) is 1.18. The lowest BCUT2D eigenvalue weighted by Crippen LogP contribution is -2.05. The zero-order chi connectivity index (χ0) is 10.4. The van der Waals surface area contributed by atoms with Gasteiger partial charge in [-0.3, -0.25) is 0 Å². The molecule has 0 aromatic carbocycles. The van der Waals surface area contributed by atoms with E-state index in [0.29, 0.717) is 10.8 Å². The molecular formula is C10H14ClN3. The van der Waals surface area contributed by atoms with Gasteiger partial charge >= 0.3 is 0 Å². The van der Waals surface area contributed by atoms with Crippen molar-refractivity contribution in [1.82, 2.24) is 10.3 Å². The minimum absolute atomic E-state index is 0.374. The molecule has 1 aromatic rings. The highest BCUT2D eigenvalue weighted by Crippen LogP contribution is 2.17. The Morgan fingerprint density at radius 2 is 2.43 bits per heavy atom. The number of nitrogens with one attached hydrogen (secondary N) is 1. The molecule has 1 heterocycles. The molecule has 1 aromatic heterocycles. The van der Waals surface area contributed by atoms with Gasteiger partial charge in [0.25, 0.3) is 0 Å². The number of nitrogens with two attached hydrogens (primary N) is 1. The van der Waals surface area contributed by atoms with Gasteiger partial charge in [-0.15, -0.1) is 0 Å². The van der Waals surface area contributed by atoms with Crippen molar-refractivity contribution in [2.24, 2.45) is 0 Å². The van der Waals surface area contributed by atoms with Crippen molar-refractivity contribution in [2.45, 2.75) is 6.42 Å². The molecule has 0 aliphatic heterocycles. The molecule has 3 N–H and O–H groups in total. The van der Waals surface area contributed by atoms with Gasteiger partial charge in [0.2, 0.25) is 0 Å². The smallest absolute Gasteiger partial charge is 0.142 e. The lowest BCUT2D eigenvalue weighted by atomic mass is 10.2. The number of nitrogen functional groups attached to an aromatic ring is 1. The molecule has 0 spiro atoms. The molecule has 0 radical (unpaired) electrons. The van der Waals surface area contributed by atoms with Crippen LogP contribution in [0.15, 0.2) is 18.3 Å². The van der Waals surface area contributed by atoms with Gasteiger partial charge in [0.05, 0.1) is 5.02 Å². The zero-order valence-corrected chi connectivity index (χ0v) is 8.88. The minimum Gasteiger partial charge on any atom is -0.382 e. The number of anilines is 1. The van der Waals surface area contributed by atoms with Crippen LogP contribution in [0, 0.1) is 0 Å². The van der Waals surface area contributed by atoms with E-state index in [9.17, 15) is 0 Å². The molecule has 0 bridgehead atoms. The van der Waals surface area contributed by atoms with E-state index >= 15 is 0 Å². The summed E-state index contributed by atoms with van der Waals surface area (Å²) in [5.74, 6) is 0.374. The van der Waals surface area contributed by atoms with Gasteiger partial charge in [-0.05, 0) is 31.6 Å². The fourth-order valence-electron chi connectivity index (χ4n) is 1.00. The highest BCUT2D eigenvalue weighted by atomic mass is 35.5. The second-order valence-corrected chi connectivity index (χ2v) is 3.34. The molecular weight excluding hydrogens is 198 g/mol. The van der Waals surface area contributed by atoms with Gasteiger partial charge in [-0.1, -0.05) is 23.8 Å². The van der Waals surface area contributed by atoms with Crippen LogP contribution < -0.4 is 11.1 Å². The van der Waals surface area contributed by atoms with E-state index in [1.54, 1.807) is 12.3 Å². The summed E-state index contributed by atoms with van der Waals surface area (Å²) >= 11 is 5.82. The molecule has 0 unspecified atom stereocenters. The third-order valence-corrected chi connectivity index (χ3v) is 2.06. The molecule has 1 rings (SSSR count). The molecule has 14 heavy (non-hydrogen) atoms. The zero-order valence-electron chi connectivity index (χ0n) is 8.13. The number of hydrogen-bond donors (Lipinski definition) is 2. The largest absolute Gasteiger partial charge is 0.382 e. The van der Waals surface area contributed by atoms with E-state index in [1.807, 2.05) is 13.1 Å². The average molecular weight is 212 g/mol. The summed E-state index contributed by atoms with van der Waals surface area (Å²) in [6, 6.07) is 1.81. The molecule has 0 fully saturated rings. The Hall–Kier alpha value is -1.06. The Morgan fingerprint density at radius 1 is 1.64 bits per heavy atom. The summed E-state index contributed by atoms with van der Waals surface area (Å²) in [5.41, 5.74) is 6.46. The van der Waals surface area contributed by atoms with Crippen molar-refractivity contribution in [3.63, 3.8) is 0 Å². The van der Waals surface area contributed by atoms with Gasteiger partial charge in [0, 0.05) is 6.20 Å². The van der Waals surface area contributed by atoms with Crippen molar-refractivity contribution in [3.05, 3.63) is 28.9 Å². The highest BCUT2D eigenvalue weighted by Gasteiger charge is 1.96. The van der Waals surface area contributed by atoms with Gasteiger partial charge in [0.1, 0.15) is 5.82 Å². The number of nitrogens with zero attached hydrogens (tertiary/aromatic N) is 1. The first-order chi connectivity index (χ1) is 6.74. The van der Waals surface area contributed by atoms with E-state index in [0.717, 1.165) is 18.5 Å². The number of pyridine rings is 1. The minimum atomic E-state index is 0.374. The Kier molecular flexibility index (Phi) is 4.43. The number of aromatic nitrogens is 1. The second-order valence-electron chi connectivity index (χ2n) is 2.93. The van der Waals surface area contributed by atoms with Crippen LogP contribution in [0.4, 0.5) is 5.82 Å². The SMILES string of the molecule is CNCC/C=C/c1cnc(N)c(Cl)c1. The molecule has 0 saturated carbocycles. The predicted octanol–water partition coefficient (Wildman–Crippen LogP) is 1.94. The molecule has 3 nitrogen and oxygen atoms in total. The van der Waals surface area contributed by atoms with Crippen LogP contribution in [0.25, 0.3) is 6.08 Å². The van der Waals surface area contributed by atoms with Crippen LogP contribution in [-0.4, -0.2) is 18.6 Å². The fraction of sp³-hybridized carbons (Fsp3) is 0.300. The van der Waals surface area contributed by atoms with Gasteiger partial charge < -0.3 is 11.1 Å². The summed E-state index contributed by atoms with van der Waals surface area (Å²) in [4.78, 5) is 3.96. The molecule has 0 aliphatic rings. The van der Waals surface area contributed by atoms with Crippen molar-refractivity contribution in [2.75, 3.05) is 19.3 Å². The quantitative estimate of drug-likeness (QED) is 0.749. The maximum Gasteiger partial charge on any atom is 0.142 e. The number of rotatable bonds is 4. The molecule has 0 aliphatic carbocycles. The Labute approximate surface area is 89.0 Å². The second kappa shape index (κ2) is 5.62. The summed E-state index contributed by atoms with van der Waals surface area (Å²) in [5, 5.41) is 3.56. The maximum absolute atomic E-state index is 5.82. The van der Waals surface area contributed by atoms with Crippen molar-refractivity contribution in [1.29, 1.82) is 0 Å². The van der Waals surface area contributed by atoms with Crippen molar-refractivity contribution >= 4 is 23.5 Å². The van der Waals surface area contributed by atoms with E-state index in [4.69, 9.17) is 17.3 Å². The normalized spacial score (nSPS) is 11.0. The van der Waals surface area contributed by atoms with Gasteiger partial charge in [-0.2, -0.15) is 0 Å². The lowest BCUT2D eigenvalue weighted by Gasteiger charge is -1.98. The molecule has 4 heteroatoms. The first-order valence-corrected chi connectivity index (χ1v) is 4.84. The van der Waals surface area contributed by atoms with Crippen LogP contribution in [-0.2, 0) is 0 Å². The molecule has 0 amide bonds. The van der Waals surface area contributed by atoms with E-state index in [1.165, 1.54) is 0 Å². The number of hydrogen-bond acceptors (Lipinski definition) is 3. The summed E-state index contributed by atoms with van der Waals surface area (Å²) in [6.07, 6.45) is 6.74. The Balaban J connectivity index is 2.59. The van der Waals surface area contributed by atoms with Crippen molar-refractivity contribution in [3.8, 4) is 0 Å². The average Bonchev–Trinajstić information content (AvgIpc) is 2.18. The molecule has 76 valence electrons. The van der Waals surface area contributed by atoms with Crippen LogP contribution in [0.1, 0.15) is 12.0 Å². The van der Waals surface area contributed by atoms with Crippen LogP contribution in [0.2, 0.25) is 5.02 Å². The summed E-state index contributed by atoms with van der Waals surface area (Å²) in [7, 11) is 1.93. The summed E-state index contributed by atoms with van der Waals surface area (Å²) < 4.78 is 0. The van der Waals surface area contributed by atoms with E-state index < -0.39 is 0 Å². The Morgan fingerprint density at radius 3 is 3.07 bits per heavy atom. The van der Waals surface area contributed by atoms with Crippen LogP contribution >= 0.6 is 11.6 Å². The standard InChI is InChI=1S/C10H14ClN3/c1-13-5-3-2-4-8-6-9(11)10(12)14-7-8/h2,4,6-7,13H,3,5H2,1H3,(H2,12,14)/b4-2+. The lowest BCUT2D eigenvalue weighted by molar-refractivity contribution is 0.809. The monoisotopic (exact) mass is 211 g/mol. The first-order valence-electron chi connectivity index (χ1n) is 4.46. The summed E-state index contributed by atoms with van der Waals surface area (Å²) in [6.45, 7) is 0.965. The van der Waals surface area contributed by atoms with E-state index in [-0.39, 0.29) is 0 Å². The third-order valence-electron chi connectivity index (χ3n) is 1.76. The highest BCUT2D eigenvalue weighted by molar-refractivity contribution is 6.32. The van der Waals surface area contributed by atoms with Gasteiger partial charge in [-0.25, -0.2) is 4.98 Å². The molecule has 0 saturated heterocycles. The third kappa shape index (κ3) is 3.36. The maximum atomic E-state index is 5.82. The Bertz CT molecular complexity index is 323. The topological polar surface area (TPSA) is 50.9 Å². The van der Waals surface area contributed by atoms with Crippen molar-refractivity contribution < 1.29 is 0 Å². The van der Waals surface area contributed by atoms with Crippen LogP contribution in [0.3, 0.4) is 0 Å². The van der Waals surface area contributed by atoms with Gasteiger partial charge in [0.15, 0.2) is 0 Å². The van der Waals surface area contributed by atoms with E-state index in [2.05, 4.69) is 16.4 Å².